The van der Waals surface area contributed by atoms with E-state index in [0.717, 1.165) is 33.9 Å². The number of anilines is 2. The van der Waals surface area contributed by atoms with E-state index in [1.165, 1.54) is 0 Å². The Bertz CT molecular complexity index is 1480. The number of benzene rings is 2. The number of carbonyl (C=O) groups excluding carboxylic acids is 1. The van der Waals surface area contributed by atoms with Crippen LogP contribution in [0.4, 0.5) is 20.2 Å². The van der Waals surface area contributed by atoms with E-state index in [1.54, 1.807) is 9.58 Å². The Morgan fingerprint density at radius 1 is 1.02 bits per heavy atom. The van der Waals surface area contributed by atoms with Gasteiger partial charge in [-0.25, -0.2) is 18.4 Å². The van der Waals surface area contributed by atoms with Gasteiger partial charge in [0.15, 0.2) is 5.82 Å². The Hall–Kier alpha value is -3.79. The van der Waals surface area contributed by atoms with Crippen molar-refractivity contribution in [3.8, 4) is 17.1 Å². The average molecular weight is 562 g/mol. The van der Waals surface area contributed by atoms with Crippen LogP contribution in [0.15, 0.2) is 54.7 Å². The fraction of sp³-hybridized carbons (Fsp3) is 0.452. The van der Waals surface area contributed by atoms with Crippen LogP contribution in [-0.4, -0.2) is 75.8 Å². The first-order valence-corrected chi connectivity index (χ1v) is 14.2. The van der Waals surface area contributed by atoms with Gasteiger partial charge in [-0.1, -0.05) is 24.3 Å². The molecule has 3 aliphatic rings. The summed E-state index contributed by atoms with van der Waals surface area (Å²) in [6.07, 6.45) is -0.366. The molecule has 1 saturated carbocycles. The number of alkyl halides is 2. The van der Waals surface area contributed by atoms with E-state index in [1.807, 2.05) is 68.3 Å². The van der Waals surface area contributed by atoms with Crippen molar-refractivity contribution in [3.05, 3.63) is 66.1 Å². The molecule has 1 N–H and O–H groups in total. The minimum absolute atomic E-state index is 0.133. The molecule has 0 bridgehead atoms. The number of likely N-dealkylation sites (N-methyl/N-ethyl adjacent to an activating group) is 1. The van der Waals surface area contributed by atoms with Crippen molar-refractivity contribution >= 4 is 17.3 Å². The van der Waals surface area contributed by atoms with Gasteiger partial charge in [-0.2, -0.15) is 0 Å². The van der Waals surface area contributed by atoms with E-state index in [4.69, 9.17) is 10.1 Å². The third-order valence-electron chi connectivity index (χ3n) is 8.59. The number of aromatic nitrogens is 3. The second kappa shape index (κ2) is 9.94. The lowest BCUT2D eigenvalue weighted by Gasteiger charge is -2.51. The van der Waals surface area contributed by atoms with E-state index < -0.39 is 5.92 Å². The summed E-state index contributed by atoms with van der Waals surface area (Å²) >= 11 is 0. The van der Waals surface area contributed by atoms with Crippen molar-refractivity contribution in [2.24, 2.45) is 0 Å². The number of hydrogen-bond donors (Lipinski definition) is 1. The van der Waals surface area contributed by atoms with E-state index in [2.05, 4.69) is 30.6 Å². The van der Waals surface area contributed by atoms with Crippen LogP contribution in [0.3, 0.4) is 0 Å². The predicted molar refractivity (Wildman–Crippen MR) is 157 cm³/mol. The van der Waals surface area contributed by atoms with Crippen molar-refractivity contribution < 1.29 is 13.6 Å². The molecule has 1 aromatic heterocycles. The molecule has 2 aliphatic heterocycles. The minimum Gasteiger partial charge on any atom is -0.358 e. The molecule has 8 nitrogen and oxygen atoms in total. The summed E-state index contributed by atoms with van der Waals surface area (Å²) in [6.45, 7) is 13.5. The molecule has 10 heteroatoms. The lowest BCUT2D eigenvalue weighted by Crippen LogP contribution is -2.57. The zero-order valence-electron chi connectivity index (χ0n) is 24.2. The largest absolute Gasteiger partial charge is 0.358 e. The quantitative estimate of drug-likeness (QED) is 0.483. The first-order chi connectivity index (χ1) is 19.4. The number of amides is 1. The van der Waals surface area contributed by atoms with E-state index >= 15 is 0 Å². The smallest absolute Gasteiger partial charge is 0.293 e. The first-order valence-electron chi connectivity index (χ1n) is 14.2. The fourth-order valence-corrected chi connectivity index (χ4v) is 6.39. The third-order valence-corrected chi connectivity index (χ3v) is 8.59. The summed E-state index contributed by atoms with van der Waals surface area (Å²) in [5.74, 6) is -2.20. The summed E-state index contributed by atoms with van der Waals surface area (Å²) in [5, 5.41) is 8.18. The lowest BCUT2D eigenvalue weighted by molar-refractivity contribution is -0.0867. The van der Waals surface area contributed by atoms with Gasteiger partial charge in [0, 0.05) is 62.4 Å². The van der Waals surface area contributed by atoms with Gasteiger partial charge in [0.05, 0.1) is 23.1 Å². The van der Waals surface area contributed by atoms with Gasteiger partial charge in [-0.15, -0.1) is 5.10 Å². The van der Waals surface area contributed by atoms with E-state index in [0.29, 0.717) is 18.9 Å². The van der Waals surface area contributed by atoms with Gasteiger partial charge >= 0.3 is 0 Å². The van der Waals surface area contributed by atoms with Crippen molar-refractivity contribution in [1.82, 2.24) is 25.0 Å². The van der Waals surface area contributed by atoms with Gasteiger partial charge in [-0.05, 0) is 58.0 Å². The number of rotatable bonds is 4. The van der Waals surface area contributed by atoms with Gasteiger partial charge in [0.1, 0.15) is 0 Å². The summed E-state index contributed by atoms with van der Waals surface area (Å²) in [6, 6.07) is 13.7. The maximum atomic E-state index is 14.0. The molecule has 6 rings (SSSR count). The Labute approximate surface area is 239 Å². The van der Waals surface area contributed by atoms with Crippen LogP contribution in [0.1, 0.15) is 49.8 Å². The second-order valence-corrected chi connectivity index (χ2v) is 11.9. The van der Waals surface area contributed by atoms with Crippen molar-refractivity contribution in [2.75, 3.05) is 29.9 Å². The Balaban J connectivity index is 1.45. The van der Waals surface area contributed by atoms with Crippen LogP contribution in [-0.2, 0) is 0 Å². The number of nitrogens with one attached hydrogen (secondary N) is 1. The van der Waals surface area contributed by atoms with E-state index in [9.17, 15) is 13.6 Å². The highest BCUT2D eigenvalue weighted by Gasteiger charge is 2.50. The monoisotopic (exact) mass is 561 g/mol. The zero-order chi connectivity index (χ0) is 29.2. The molecule has 3 heterocycles. The lowest BCUT2D eigenvalue weighted by atomic mass is 9.84. The highest BCUT2D eigenvalue weighted by Crippen LogP contribution is 2.49. The molecule has 2 fully saturated rings. The molecule has 1 amide bonds. The molecule has 3 atom stereocenters. The van der Waals surface area contributed by atoms with Crippen molar-refractivity contribution in [3.63, 3.8) is 0 Å². The van der Waals surface area contributed by atoms with Crippen LogP contribution in [0.25, 0.3) is 17.1 Å². The van der Waals surface area contributed by atoms with Crippen LogP contribution >= 0.6 is 0 Å². The summed E-state index contributed by atoms with van der Waals surface area (Å²) in [5.41, 5.74) is 5.24. The normalized spacial score (nSPS) is 24.3. The number of halogens is 2. The Morgan fingerprint density at radius 3 is 2.32 bits per heavy atom. The SMILES string of the molecule is C=C1[C@@H](C)N(C2CC(F)(F)C2)c2cc(-c3nc(C(=O)N4C[C@@H](C)N[C@@H](C)C4)nn3-c3ccc(C)cc3)ccc2N1C. The van der Waals surface area contributed by atoms with Gasteiger partial charge in [-0.3, -0.25) is 4.79 Å². The number of nitrogens with zero attached hydrogens (tertiary/aromatic N) is 6. The van der Waals surface area contributed by atoms with Crippen molar-refractivity contribution in [1.29, 1.82) is 0 Å². The molecule has 216 valence electrons. The van der Waals surface area contributed by atoms with Crippen LogP contribution in [0.5, 0.6) is 0 Å². The zero-order valence-corrected chi connectivity index (χ0v) is 24.2. The summed E-state index contributed by atoms with van der Waals surface area (Å²) in [4.78, 5) is 24.3. The molecule has 41 heavy (non-hydrogen) atoms. The molecular formula is C31H37F2N7O. The summed E-state index contributed by atoms with van der Waals surface area (Å²) < 4.78 is 29.7. The molecule has 0 radical (unpaired) electrons. The summed E-state index contributed by atoms with van der Waals surface area (Å²) in [7, 11) is 1.95. The molecule has 1 aliphatic carbocycles. The maximum absolute atomic E-state index is 14.0. The Morgan fingerprint density at radius 2 is 1.68 bits per heavy atom. The number of piperazine rings is 1. The highest BCUT2D eigenvalue weighted by atomic mass is 19.3. The van der Waals surface area contributed by atoms with Gasteiger partial charge < -0.3 is 20.0 Å². The first kappa shape index (κ1) is 27.4. The van der Waals surface area contributed by atoms with Crippen LogP contribution < -0.4 is 15.1 Å². The third kappa shape index (κ3) is 4.88. The van der Waals surface area contributed by atoms with E-state index in [-0.39, 0.29) is 48.7 Å². The minimum atomic E-state index is -2.65. The topological polar surface area (TPSA) is 69.5 Å². The molecule has 1 saturated heterocycles. The predicted octanol–water partition coefficient (Wildman–Crippen LogP) is 5.02. The molecule has 3 aromatic rings. The van der Waals surface area contributed by atoms with Crippen LogP contribution in [0.2, 0.25) is 0 Å². The molecular weight excluding hydrogens is 524 g/mol. The number of carbonyl (C=O) groups is 1. The standard InChI is InChI=1S/C31H37F2N7O/c1-18-7-10-24(11-8-18)40-29(35-28(36-40)30(41)38-16-19(2)34-20(3)17-38)23-9-12-26-27(13-23)39(22(5)21(4)37(26)6)25-14-31(32,33)15-25/h7-13,19-20,22,25,34H,4,14-17H2,1-3,5-6H3/t19-,20+,22-/m1/s1. The molecule has 2 aromatic carbocycles. The fourth-order valence-electron chi connectivity index (χ4n) is 6.39. The number of aryl methyl sites for hydroxylation is 1. The van der Waals surface area contributed by atoms with Crippen LogP contribution in [0, 0.1) is 6.92 Å². The van der Waals surface area contributed by atoms with Gasteiger partial charge in [0.25, 0.3) is 11.8 Å². The highest BCUT2D eigenvalue weighted by molar-refractivity contribution is 5.91. The van der Waals surface area contributed by atoms with Gasteiger partial charge in [0.2, 0.25) is 5.82 Å². The Kier molecular flexibility index (Phi) is 6.64. The maximum Gasteiger partial charge on any atom is 0.293 e. The molecule has 0 unspecified atom stereocenters. The second-order valence-electron chi connectivity index (χ2n) is 11.9. The molecule has 0 spiro atoms. The average Bonchev–Trinajstić information content (AvgIpc) is 3.35. The number of fused-ring (bicyclic) bond motifs is 1. The number of hydrogen-bond acceptors (Lipinski definition) is 6. The van der Waals surface area contributed by atoms with Crippen molar-refractivity contribution in [2.45, 2.75) is 70.6 Å².